The lowest BCUT2D eigenvalue weighted by atomic mass is 9.97. The minimum atomic E-state index is -3.98. The molecule has 0 aromatic heterocycles. The molecular weight excluding hydrogens is 1720 g/mol. The van der Waals surface area contributed by atoms with E-state index in [4.69, 9.17) is 14.2 Å². The van der Waals surface area contributed by atoms with Gasteiger partial charge in [-0.3, -0.25) is 33.9 Å². The van der Waals surface area contributed by atoms with Gasteiger partial charge in [-0.1, -0.05) is 79.2 Å². The highest BCUT2D eigenvalue weighted by molar-refractivity contribution is 7.91. The van der Waals surface area contributed by atoms with Crippen molar-refractivity contribution in [2.45, 2.75) is 195 Å². The second kappa shape index (κ2) is 41.4. The van der Waals surface area contributed by atoms with Crippen LogP contribution < -0.4 is 31.9 Å². The molecular formula is C88H125N15O18S5. The number of carbonyl (C=O) groups excluding carboxylic acids is 5. The number of ether oxygens (including phenoxy) is 3. The van der Waals surface area contributed by atoms with Crippen LogP contribution in [0.2, 0.25) is 0 Å². The quantitative estimate of drug-likeness (QED) is 0.0350. The highest BCUT2D eigenvalue weighted by atomic mass is 32.2. The standard InChI is InChI=1S/C22H35N3O4S.C20H24N4O4S.C18H27N3O4S.C14H19N3O.C14H20N2O5S2/c1-18(26)19-8-10-21(11-9-19)30(27,28)25-20(7-5-6-14-23(2)3)17-29-22(25)12-15-24(4)16-13-22;1-14(25)15-4-6-17(7-5-15)29(27,28)24-18(13-16-3-2-10-22-16)19(26)23-20(24)8-11-21-12-9-20;1-14(22)15-4-6-17(7-5-15)26(23,24)21-13-16(12-20(2)3)25-18(21)8-10-19-11-9-18;18-13-11-17(10-12-4-2-1-3-5-12)14(16-13)6-8-15-9-7-14;1-22(17,18)12-2-4-13(5-3-12)23(19,20)16-10-11-21-14(16)6-8-15-9-7-14/h8-11,20H,5-7,12-17H2,1-4H3;3-7,10,18,21H,2,8-9,11-13H2,1H3,(H,23,26);4-7,16,19H,8-13H2,1-3H3;1-5,15H,6-11H2,(H,16,18);2-5,15H,6-11H2,1H3. The number of ketones is 3. The molecule has 0 radical (unpaired) electrons. The van der Waals surface area contributed by atoms with Crippen LogP contribution in [0.3, 0.4) is 0 Å². The van der Waals surface area contributed by atoms with Crippen molar-refractivity contribution >= 4 is 85.3 Å². The number of sulfonamides is 4. The van der Waals surface area contributed by atoms with E-state index in [-0.39, 0.29) is 77.9 Å². The topological polar surface area (TPSA) is 394 Å². The Morgan fingerprint density at radius 3 is 1.46 bits per heavy atom. The summed E-state index contributed by atoms with van der Waals surface area (Å²) in [5.74, 6) is -0.425. The third-order valence-corrected chi connectivity index (χ3v) is 34.3. The highest BCUT2D eigenvalue weighted by Crippen LogP contribution is 2.45. The zero-order valence-corrected chi connectivity index (χ0v) is 77.8. The Kier molecular flexibility index (Phi) is 32.1. The van der Waals surface area contributed by atoms with Crippen LogP contribution in [-0.2, 0) is 80.3 Å². The summed E-state index contributed by atoms with van der Waals surface area (Å²) in [4.78, 5) is 72.9. The minimum absolute atomic E-state index is 0.0748. The van der Waals surface area contributed by atoms with Crippen molar-refractivity contribution in [2.24, 2.45) is 4.99 Å². The number of benzene rings is 5. The molecule has 5 aromatic rings. The first-order chi connectivity index (χ1) is 59.8. The maximum atomic E-state index is 13.8. The third-order valence-electron chi connectivity index (χ3n) is 25.3. The van der Waals surface area contributed by atoms with Gasteiger partial charge < -0.3 is 60.8 Å². The lowest BCUT2D eigenvalue weighted by molar-refractivity contribution is -0.121. The molecule has 2 amide bonds. The van der Waals surface area contributed by atoms with Crippen molar-refractivity contribution in [3.63, 3.8) is 0 Å². The fraction of sp³-hybridized carbons (Fsp3) is 0.568. The molecule has 16 rings (SSSR count). The van der Waals surface area contributed by atoms with E-state index in [0.29, 0.717) is 140 Å². The highest BCUT2D eigenvalue weighted by Gasteiger charge is 2.59. The van der Waals surface area contributed by atoms with Gasteiger partial charge in [-0.2, -0.15) is 17.2 Å². The van der Waals surface area contributed by atoms with Crippen LogP contribution in [0, 0.1) is 0 Å². The Bertz CT molecular complexity index is 5290. The number of nitrogens with zero attached hydrogens (tertiary/aromatic N) is 9. The van der Waals surface area contributed by atoms with Gasteiger partial charge in [0.05, 0.1) is 62.0 Å². The van der Waals surface area contributed by atoms with Gasteiger partial charge in [0, 0.05) is 125 Å². The number of rotatable bonds is 23. The first-order valence-electron chi connectivity index (χ1n) is 43.5. The number of likely N-dealkylation sites (N-methyl/N-ethyl adjacent to an activating group) is 1. The molecule has 0 saturated carbocycles. The van der Waals surface area contributed by atoms with Gasteiger partial charge in [0.2, 0.25) is 51.9 Å². The average molecular weight is 1840 g/mol. The summed E-state index contributed by atoms with van der Waals surface area (Å²) in [6, 6.07) is 33.1. The molecule has 5 spiro atoms. The van der Waals surface area contributed by atoms with Crippen LogP contribution in [0.25, 0.3) is 0 Å². The molecule has 0 bridgehead atoms. The summed E-state index contributed by atoms with van der Waals surface area (Å²) < 4.78 is 155. The number of Topliss-reactive ketones (excluding diaryl/α,β-unsaturated/α-hetero) is 3. The maximum Gasteiger partial charge on any atom is 0.245 e. The van der Waals surface area contributed by atoms with Crippen LogP contribution in [0.4, 0.5) is 0 Å². The lowest BCUT2D eigenvalue weighted by Gasteiger charge is -2.43. The Labute approximate surface area is 743 Å². The van der Waals surface area contributed by atoms with Crippen LogP contribution in [0.5, 0.6) is 0 Å². The van der Waals surface area contributed by atoms with Gasteiger partial charge in [0.1, 0.15) is 28.9 Å². The molecule has 38 heteroatoms. The van der Waals surface area contributed by atoms with E-state index in [1.807, 2.05) is 45.2 Å². The predicted molar refractivity (Wildman–Crippen MR) is 478 cm³/mol. The largest absolute Gasteiger partial charge is 0.358 e. The number of likely N-dealkylation sites (tertiary alicyclic amines) is 1. The average Bonchev–Trinajstić information content (AvgIpc) is 1.57. The van der Waals surface area contributed by atoms with Gasteiger partial charge in [-0.25, -0.2) is 42.1 Å². The number of hydrogen-bond acceptors (Lipinski definition) is 27. The van der Waals surface area contributed by atoms with Crippen molar-refractivity contribution in [2.75, 3.05) is 153 Å². The maximum absolute atomic E-state index is 13.8. The third kappa shape index (κ3) is 22.6. The van der Waals surface area contributed by atoms with E-state index >= 15 is 0 Å². The number of nitrogens with one attached hydrogen (secondary N) is 6. The molecule has 11 aliphatic rings. The molecule has 6 N–H and O–H groups in total. The summed E-state index contributed by atoms with van der Waals surface area (Å²) in [5, 5.41) is 19.2. The van der Waals surface area contributed by atoms with Crippen LogP contribution in [-0.4, -0.2) is 314 Å². The predicted octanol–water partition coefficient (Wildman–Crippen LogP) is 5.45. The van der Waals surface area contributed by atoms with Crippen molar-refractivity contribution in [1.82, 2.24) is 68.7 Å². The van der Waals surface area contributed by atoms with Crippen molar-refractivity contribution in [1.29, 1.82) is 0 Å². The molecule has 10 fully saturated rings. The second-order valence-electron chi connectivity index (χ2n) is 34.9. The Morgan fingerprint density at radius 2 is 0.976 bits per heavy atom. The molecule has 3 unspecified atom stereocenters. The van der Waals surface area contributed by atoms with E-state index in [0.717, 1.165) is 96.4 Å². The number of allylic oxidation sites excluding steroid dienone is 1. The second-order valence-corrected chi connectivity index (χ2v) is 44.2. The number of carbonyl (C=O) groups is 5. The minimum Gasteiger partial charge on any atom is -0.358 e. The molecule has 3 atom stereocenters. The van der Waals surface area contributed by atoms with Gasteiger partial charge in [0.25, 0.3) is 0 Å². The van der Waals surface area contributed by atoms with Crippen LogP contribution >= 0.6 is 0 Å². The van der Waals surface area contributed by atoms with E-state index in [2.05, 4.69) is 82.9 Å². The smallest absolute Gasteiger partial charge is 0.245 e. The van der Waals surface area contributed by atoms with E-state index in [1.54, 1.807) is 46.9 Å². The first kappa shape index (κ1) is 97.7. The summed E-state index contributed by atoms with van der Waals surface area (Å²) >= 11 is 0. The molecule has 11 heterocycles. The van der Waals surface area contributed by atoms with E-state index in [9.17, 15) is 66.1 Å². The van der Waals surface area contributed by atoms with Gasteiger partial charge in [-0.15, -0.1) is 0 Å². The van der Waals surface area contributed by atoms with Crippen LogP contribution in [0.15, 0.2) is 169 Å². The molecule has 11 aliphatic heterocycles. The number of piperidine rings is 5. The Hall–Kier alpha value is -7.39. The Morgan fingerprint density at radius 1 is 0.508 bits per heavy atom. The summed E-state index contributed by atoms with van der Waals surface area (Å²) in [6.45, 7) is 16.6. The van der Waals surface area contributed by atoms with Gasteiger partial charge >= 0.3 is 0 Å². The SMILES string of the molecule is CC(=O)c1ccc(S(=O)(=O)N2C(CC3=CCC=N3)C(=O)NC23CCNCC3)cc1.CC(=O)c1ccc(S(=O)(=O)N2C(CCCCN(C)C)COC23CCN(C)CC3)cc1.CC(=O)c1ccc(S(=O)(=O)N2CC(CN(C)C)OC23CCNCC3)cc1.CS(=O)(=O)c1ccc(S(=O)(=O)N2CCOC23CCNCC3)cc1.O=C1CN(Cc2ccccc2)C2(CCNCC2)N1. The van der Waals surface area contributed by atoms with Crippen molar-refractivity contribution in [3.05, 3.63) is 161 Å². The van der Waals surface area contributed by atoms with Crippen molar-refractivity contribution < 1.29 is 80.3 Å². The summed E-state index contributed by atoms with van der Waals surface area (Å²) in [5.41, 5.74) is 0.0601. The van der Waals surface area contributed by atoms with Gasteiger partial charge in [-0.05, 0) is 220 Å². The zero-order chi connectivity index (χ0) is 90.7. The summed E-state index contributed by atoms with van der Waals surface area (Å²) in [7, 11) is -8.44. The zero-order valence-electron chi connectivity index (χ0n) is 73.8. The van der Waals surface area contributed by atoms with Gasteiger partial charge in [0.15, 0.2) is 27.2 Å². The number of sulfone groups is 1. The fourth-order valence-corrected chi connectivity index (χ4v) is 26.5. The molecule has 5 aromatic carbocycles. The molecule has 126 heavy (non-hydrogen) atoms. The monoisotopic (exact) mass is 1840 g/mol. The van der Waals surface area contributed by atoms with E-state index in [1.165, 1.54) is 99.9 Å². The first-order valence-corrected chi connectivity index (χ1v) is 51.1. The lowest BCUT2D eigenvalue weighted by Crippen LogP contribution is -2.60. The van der Waals surface area contributed by atoms with E-state index < -0.39 is 78.8 Å². The van der Waals surface area contributed by atoms with Crippen molar-refractivity contribution in [3.8, 4) is 0 Å². The number of amides is 2. The Balaban J connectivity index is 0.000000144. The molecule has 10 saturated heterocycles. The normalized spacial score (nSPS) is 23.2. The summed E-state index contributed by atoms with van der Waals surface area (Å²) in [6.07, 6.45) is 15.1. The number of hydrogen-bond donors (Lipinski definition) is 6. The number of aliphatic imine (C=N–C) groups is 1. The van der Waals surface area contributed by atoms with Crippen LogP contribution in [0.1, 0.15) is 154 Å². The number of unbranched alkanes of at least 4 members (excludes halogenated alkanes) is 1. The molecule has 690 valence electrons. The fourth-order valence-electron chi connectivity index (χ4n) is 18.6. The molecule has 0 aliphatic carbocycles. The molecule has 33 nitrogen and oxygen atoms in total.